The number of nitro benzene ring substituents is 1. The number of morpholine rings is 2. The van der Waals surface area contributed by atoms with Crippen LogP contribution in [0.15, 0.2) is 47.4 Å². The van der Waals surface area contributed by atoms with E-state index < -0.39 is 10.8 Å². The van der Waals surface area contributed by atoms with Crippen molar-refractivity contribution in [3.63, 3.8) is 0 Å². The van der Waals surface area contributed by atoms with Crippen molar-refractivity contribution < 1.29 is 24.0 Å². The van der Waals surface area contributed by atoms with Crippen LogP contribution >= 0.6 is 11.8 Å². The van der Waals surface area contributed by atoms with Crippen molar-refractivity contribution in [1.82, 2.24) is 4.90 Å². The van der Waals surface area contributed by atoms with Gasteiger partial charge in [-0.3, -0.25) is 24.6 Å². The van der Waals surface area contributed by atoms with E-state index in [0.29, 0.717) is 63.9 Å². The number of carbonyl (C=O) groups is 2. The highest BCUT2D eigenvalue weighted by Gasteiger charge is 2.36. The van der Waals surface area contributed by atoms with Gasteiger partial charge in [0.1, 0.15) is 5.69 Å². The second-order valence-electron chi connectivity index (χ2n) is 8.61. The highest BCUT2D eigenvalue weighted by atomic mass is 32.2. The Kier molecular flexibility index (Phi) is 7.21. The second-order valence-corrected chi connectivity index (χ2v) is 9.60. The van der Waals surface area contributed by atoms with Gasteiger partial charge in [-0.2, -0.15) is 0 Å². The van der Waals surface area contributed by atoms with Crippen LogP contribution in [0.2, 0.25) is 0 Å². The van der Waals surface area contributed by atoms with Crippen molar-refractivity contribution in [1.29, 1.82) is 0 Å². The molecule has 2 aromatic carbocycles. The molecular weight excluding hydrogens is 484 g/mol. The molecule has 3 aliphatic rings. The van der Waals surface area contributed by atoms with E-state index in [2.05, 4.69) is 4.90 Å². The molecule has 2 amide bonds. The first-order valence-corrected chi connectivity index (χ1v) is 12.6. The van der Waals surface area contributed by atoms with E-state index in [1.807, 2.05) is 41.3 Å². The maximum Gasteiger partial charge on any atom is 0.293 e. The van der Waals surface area contributed by atoms with Crippen LogP contribution in [0.4, 0.5) is 21.9 Å². The summed E-state index contributed by atoms with van der Waals surface area (Å²) in [5.74, 6) is -0.401. The van der Waals surface area contributed by atoms with Crippen LogP contribution in [0.5, 0.6) is 0 Å². The predicted octanol–water partition coefficient (Wildman–Crippen LogP) is 3.50. The molecule has 0 aromatic heterocycles. The van der Waals surface area contributed by atoms with Gasteiger partial charge in [0.2, 0.25) is 0 Å². The molecule has 3 aliphatic heterocycles. The van der Waals surface area contributed by atoms with Gasteiger partial charge >= 0.3 is 0 Å². The van der Waals surface area contributed by atoms with Crippen LogP contribution in [0.3, 0.4) is 0 Å². The van der Waals surface area contributed by atoms with Crippen LogP contribution in [-0.2, 0) is 20.8 Å². The average molecular weight is 511 g/mol. The fourth-order valence-corrected chi connectivity index (χ4v) is 5.35. The summed E-state index contributed by atoms with van der Waals surface area (Å²) in [7, 11) is 0. The molecule has 36 heavy (non-hydrogen) atoms. The molecule has 188 valence electrons. The van der Waals surface area contributed by atoms with Gasteiger partial charge in [0, 0.05) is 43.5 Å². The average Bonchev–Trinajstić information content (AvgIpc) is 3.17. The normalized spacial score (nSPS) is 19.9. The Hall–Kier alpha value is -3.41. The summed E-state index contributed by atoms with van der Waals surface area (Å²) in [5, 5.41) is 11.7. The van der Waals surface area contributed by atoms with Crippen molar-refractivity contribution in [2.24, 2.45) is 0 Å². The summed E-state index contributed by atoms with van der Waals surface area (Å²) >= 11 is 0.856. The van der Waals surface area contributed by atoms with Gasteiger partial charge in [0.25, 0.3) is 16.8 Å². The quantitative estimate of drug-likeness (QED) is 0.328. The minimum Gasteiger partial charge on any atom is -0.378 e. The van der Waals surface area contributed by atoms with Crippen molar-refractivity contribution in [3.05, 3.63) is 68.6 Å². The number of rotatable bonds is 6. The monoisotopic (exact) mass is 510 g/mol. The van der Waals surface area contributed by atoms with Gasteiger partial charge in [-0.25, -0.2) is 0 Å². The lowest BCUT2D eigenvalue weighted by Crippen LogP contribution is -2.38. The molecule has 3 saturated heterocycles. The van der Waals surface area contributed by atoms with Gasteiger partial charge in [-0.15, -0.1) is 0 Å². The fourth-order valence-electron chi connectivity index (χ4n) is 4.52. The lowest BCUT2D eigenvalue weighted by atomic mass is 10.1. The second kappa shape index (κ2) is 10.7. The summed E-state index contributed by atoms with van der Waals surface area (Å²) in [6, 6.07) is 12.6. The first kappa shape index (κ1) is 24.3. The molecule has 2 aromatic rings. The zero-order valence-electron chi connectivity index (χ0n) is 19.6. The molecule has 0 atom stereocenters. The van der Waals surface area contributed by atoms with Gasteiger partial charge in [0.05, 0.1) is 42.8 Å². The van der Waals surface area contributed by atoms with Crippen molar-refractivity contribution in [2.75, 3.05) is 62.4 Å². The number of benzene rings is 2. The maximum atomic E-state index is 13.2. The third-order valence-electron chi connectivity index (χ3n) is 6.37. The number of carbonyl (C=O) groups excluding carboxylic acids is 2. The van der Waals surface area contributed by atoms with E-state index in [-0.39, 0.29) is 22.4 Å². The fraction of sp³-hybridized carbons (Fsp3) is 0.360. The molecule has 0 spiro atoms. The SMILES string of the molecule is O=C1S/C(=C\c2cc([N+](=O)[O-])c(N3CCOCC3)cc2N2CCOCC2)C(=O)N1Cc1ccccc1. The molecule has 0 aliphatic carbocycles. The number of hydrogen-bond acceptors (Lipinski definition) is 9. The lowest BCUT2D eigenvalue weighted by Gasteiger charge is -2.33. The smallest absolute Gasteiger partial charge is 0.293 e. The van der Waals surface area contributed by atoms with Crippen LogP contribution in [0, 0.1) is 10.1 Å². The van der Waals surface area contributed by atoms with E-state index in [1.54, 1.807) is 6.08 Å². The molecule has 10 nitrogen and oxygen atoms in total. The number of amides is 2. The molecule has 0 saturated carbocycles. The first-order chi connectivity index (χ1) is 17.5. The zero-order chi connectivity index (χ0) is 25.1. The summed E-state index contributed by atoms with van der Waals surface area (Å²) in [6.07, 6.45) is 1.61. The molecular formula is C25H26N4O6S. The topological polar surface area (TPSA) is 105 Å². The van der Waals surface area contributed by atoms with Crippen molar-refractivity contribution in [2.45, 2.75) is 6.54 Å². The standard InChI is InChI=1S/C25H26N4O6S/c30-24-23(36-25(31)28(24)17-18-4-2-1-3-5-18)15-19-14-22(29(32)33)21(27-8-12-35-13-9-27)16-20(19)26-6-10-34-11-7-26/h1-5,14-16H,6-13,17H2/b23-15-. The van der Waals surface area contributed by atoms with E-state index in [4.69, 9.17) is 9.47 Å². The van der Waals surface area contributed by atoms with Crippen LogP contribution in [0.25, 0.3) is 6.08 Å². The number of hydrogen-bond donors (Lipinski definition) is 0. The van der Waals surface area contributed by atoms with Gasteiger partial charge < -0.3 is 19.3 Å². The van der Waals surface area contributed by atoms with Gasteiger partial charge in [-0.1, -0.05) is 30.3 Å². The molecule has 0 bridgehead atoms. The summed E-state index contributed by atoms with van der Waals surface area (Å²) in [6.45, 7) is 4.61. The molecule has 3 heterocycles. The number of anilines is 2. The summed E-state index contributed by atoms with van der Waals surface area (Å²) < 4.78 is 10.9. The van der Waals surface area contributed by atoms with Crippen LogP contribution in [-0.4, -0.2) is 73.6 Å². The summed E-state index contributed by atoms with van der Waals surface area (Å²) in [5.41, 5.74) is 2.65. The first-order valence-electron chi connectivity index (χ1n) is 11.8. The molecule has 0 N–H and O–H groups in total. The van der Waals surface area contributed by atoms with E-state index in [9.17, 15) is 19.7 Å². The van der Waals surface area contributed by atoms with Crippen LogP contribution < -0.4 is 9.80 Å². The number of nitrogens with zero attached hydrogens (tertiary/aromatic N) is 4. The largest absolute Gasteiger partial charge is 0.378 e. The van der Waals surface area contributed by atoms with Crippen LogP contribution in [0.1, 0.15) is 11.1 Å². The Morgan fingerprint density at radius 1 is 0.917 bits per heavy atom. The Balaban J connectivity index is 1.53. The minimum absolute atomic E-state index is 0.0383. The highest BCUT2D eigenvalue weighted by molar-refractivity contribution is 8.18. The number of imide groups is 1. The number of ether oxygens (including phenoxy) is 2. The van der Waals surface area contributed by atoms with Crippen molar-refractivity contribution in [3.8, 4) is 0 Å². The Bertz CT molecular complexity index is 1190. The van der Waals surface area contributed by atoms with Gasteiger partial charge in [-0.05, 0) is 29.5 Å². The lowest BCUT2D eigenvalue weighted by molar-refractivity contribution is -0.384. The van der Waals surface area contributed by atoms with E-state index in [1.165, 1.54) is 11.0 Å². The maximum absolute atomic E-state index is 13.2. The van der Waals surface area contributed by atoms with Gasteiger partial charge in [0.15, 0.2) is 0 Å². The molecule has 11 heteroatoms. The summed E-state index contributed by atoms with van der Waals surface area (Å²) in [4.78, 5) is 43.1. The third kappa shape index (κ3) is 5.08. The Labute approximate surface area is 212 Å². The number of thioether (sulfide) groups is 1. The van der Waals surface area contributed by atoms with Crippen molar-refractivity contribution >= 4 is 46.0 Å². The zero-order valence-corrected chi connectivity index (χ0v) is 20.4. The Morgan fingerprint density at radius 2 is 1.53 bits per heavy atom. The molecule has 0 radical (unpaired) electrons. The minimum atomic E-state index is -0.401. The predicted molar refractivity (Wildman–Crippen MR) is 137 cm³/mol. The highest BCUT2D eigenvalue weighted by Crippen LogP contribution is 2.40. The molecule has 0 unspecified atom stereocenters. The van der Waals surface area contributed by atoms with E-state index >= 15 is 0 Å². The number of nitro groups is 1. The molecule has 5 rings (SSSR count). The Morgan fingerprint density at radius 3 is 2.14 bits per heavy atom. The molecule has 3 fully saturated rings. The third-order valence-corrected chi connectivity index (χ3v) is 7.28. The van der Waals surface area contributed by atoms with E-state index in [0.717, 1.165) is 23.0 Å².